The molecule has 2 nitrogen and oxygen atoms in total. The van der Waals surface area contributed by atoms with Gasteiger partial charge >= 0.3 is 0 Å². The Morgan fingerprint density at radius 2 is 1.62 bits per heavy atom. The highest BCUT2D eigenvalue weighted by Crippen LogP contribution is 2.31. The van der Waals surface area contributed by atoms with E-state index in [2.05, 4.69) is 67.1 Å². The van der Waals surface area contributed by atoms with Gasteiger partial charge in [-0.3, -0.25) is 4.98 Å². The Kier molecular flexibility index (Phi) is 4.68. The first-order valence-corrected chi connectivity index (χ1v) is 8.53. The topological polar surface area (TPSA) is 25.8 Å². The molecule has 0 spiro atoms. The van der Waals surface area contributed by atoms with Crippen LogP contribution in [0.4, 0.5) is 0 Å². The van der Waals surface area contributed by atoms with Crippen LogP contribution in [0.1, 0.15) is 36.7 Å². The van der Waals surface area contributed by atoms with Crippen molar-refractivity contribution in [3.8, 4) is 22.3 Å². The van der Waals surface area contributed by atoms with Gasteiger partial charge in [-0.15, -0.1) is 0 Å². The second kappa shape index (κ2) is 6.74. The lowest BCUT2D eigenvalue weighted by atomic mass is 9.95. The third-order valence-corrected chi connectivity index (χ3v) is 4.37. The molecule has 0 N–H and O–H groups in total. The first-order valence-electron chi connectivity index (χ1n) is 8.15. The predicted molar refractivity (Wildman–Crippen MR) is 101 cm³/mol. The highest BCUT2D eigenvalue weighted by Gasteiger charge is 2.09. The van der Waals surface area contributed by atoms with Gasteiger partial charge in [0.2, 0.25) is 0 Å². The highest BCUT2D eigenvalue weighted by molar-refractivity contribution is 6.29. The molecule has 0 aliphatic carbocycles. The molecule has 0 saturated carbocycles. The molecule has 3 rings (SSSR count). The molecule has 3 aromatic rings. The summed E-state index contributed by atoms with van der Waals surface area (Å²) in [6.45, 7) is 8.41. The van der Waals surface area contributed by atoms with Crippen molar-refractivity contribution in [2.24, 2.45) is 0 Å². The van der Waals surface area contributed by atoms with Gasteiger partial charge in [-0.05, 0) is 77.9 Å². The molecule has 0 amide bonds. The van der Waals surface area contributed by atoms with Gasteiger partial charge in [0.05, 0.1) is 0 Å². The Morgan fingerprint density at radius 1 is 0.875 bits per heavy atom. The number of rotatable bonds is 3. The smallest absolute Gasteiger partial charge is 0.129 e. The maximum atomic E-state index is 6.15. The molecule has 0 bridgehead atoms. The van der Waals surface area contributed by atoms with Gasteiger partial charge in [-0.2, -0.15) is 0 Å². The van der Waals surface area contributed by atoms with Crippen molar-refractivity contribution in [3.05, 3.63) is 70.8 Å². The van der Waals surface area contributed by atoms with Crippen molar-refractivity contribution in [3.63, 3.8) is 0 Å². The van der Waals surface area contributed by atoms with E-state index in [9.17, 15) is 0 Å². The van der Waals surface area contributed by atoms with Gasteiger partial charge < -0.3 is 0 Å². The minimum Gasteiger partial charge on any atom is -0.261 e. The lowest BCUT2D eigenvalue weighted by molar-refractivity contribution is 0.823. The number of aromatic nitrogens is 2. The van der Waals surface area contributed by atoms with Crippen LogP contribution >= 0.6 is 11.6 Å². The maximum Gasteiger partial charge on any atom is 0.129 e. The molecular weight excluding hydrogens is 316 g/mol. The van der Waals surface area contributed by atoms with E-state index in [1.54, 1.807) is 0 Å². The van der Waals surface area contributed by atoms with Crippen molar-refractivity contribution in [1.82, 2.24) is 9.97 Å². The Balaban J connectivity index is 2.11. The summed E-state index contributed by atoms with van der Waals surface area (Å²) in [7, 11) is 0. The molecule has 3 heteroatoms. The molecule has 1 aromatic carbocycles. The Labute approximate surface area is 148 Å². The van der Waals surface area contributed by atoms with E-state index < -0.39 is 0 Å². The molecule has 2 heterocycles. The molecule has 0 fully saturated rings. The number of benzene rings is 1. The molecular formula is C21H21ClN2. The first kappa shape index (κ1) is 16.7. The Bertz CT molecular complexity index is 865. The van der Waals surface area contributed by atoms with E-state index in [0.29, 0.717) is 11.1 Å². The molecule has 2 aromatic heterocycles. The molecule has 0 atom stereocenters. The van der Waals surface area contributed by atoms with E-state index in [1.165, 1.54) is 22.3 Å². The van der Waals surface area contributed by atoms with Crippen LogP contribution in [0.15, 0.2) is 48.7 Å². The Morgan fingerprint density at radius 3 is 2.33 bits per heavy atom. The normalized spacial score (nSPS) is 11.1. The summed E-state index contributed by atoms with van der Waals surface area (Å²) in [5, 5.41) is 0.529. The van der Waals surface area contributed by atoms with Crippen LogP contribution in [0.2, 0.25) is 5.15 Å². The third-order valence-electron chi connectivity index (χ3n) is 4.18. The zero-order valence-electron chi connectivity index (χ0n) is 14.5. The fraction of sp³-hybridized carbons (Fsp3) is 0.238. The molecule has 24 heavy (non-hydrogen) atoms. The molecule has 122 valence electrons. The average molecular weight is 337 g/mol. The largest absolute Gasteiger partial charge is 0.261 e. The molecule has 0 unspecified atom stereocenters. The summed E-state index contributed by atoms with van der Waals surface area (Å²) in [5.74, 6) is 0.413. The summed E-state index contributed by atoms with van der Waals surface area (Å²) in [5.41, 5.74) is 7.91. The van der Waals surface area contributed by atoms with Crippen molar-refractivity contribution in [2.45, 2.75) is 33.6 Å². The van der Waals surface area contributed by atoms with Crippen LogP contribution in [0, 0.1) is 13.8 Å². The summed E-state index contributed by atoms with van der Waals surface area (Å²) < 4.78 is 0. The molecule has 0 aliphatic rings. The van der Waals surface area contributed by atoms with Crippen molar-refractivity contribution < 1.29 is 0 Å². The van der Waals surface area contributed by atoms with Gasteiger partial charge in [-0.1, -0.05) is 37.6 Å². The Hall–Kier alpha value is -2.19. The fourth-order valence-electron chi connectivity index (χ4n) is 2.84. The van der Waals surface area contributed by atoms with Crippen LogP contribution in [0.3, 0.4) is 0 Å². The molecule has 0 radical (unpaired) electrons. The van der Waals surface area contributed by atoms with E-state index in [-0.39, 0.29) is 0 Å². The molecule has 0 saturated heterocycles. The summed E-state index contributed by atoms with van der Waals surface area (Å²) in [6, 6.07) is 14.8. The maximum absolute atomic E-state index is 6.15. The second-order valence-corrected chi connectivity index (χ2v) is 6.86. The number of hydrogen-bond acceptors (Lipinski definition) is 2. The van der Waals surface area contributed by atoms with Crippen molar-refractivity contribution in [2.75, 3.05) is 0 Å². The van der Waals surface area contributed by atoms with Crippen LogP contribution in [-0.4, -0.2) is 9.97 Å². The van der Waals surface area contributed by atoms with E-state index in [0.717, 1.165) is 17.0 Å². The number of nitrogens with zero attached hydrogens (tertiary/aromatic N) is 2. The van der Waals surface area contributed by atoms with Crippen molar-refractivity contribution in [1.29, 1.82) is 0 Å². The number of halogens is 1. The van der Waals surface area contributed by atoms with E-state index in [1.807, 2.05) is 19.2 Å². The van der Waals surface area contributed by atoms with Gasteiger partial charge in [-0.25, -0.2) is 4.98 Å². The predicted octanol–water partition coefficient (Wildman–Crippen LogP) is 6.20. The van der Waals surface area contributed by atoms with Gasteiger partial charge in [0.15, 0.2) is 0 Å². The first-order chi connectivity index (χ1) is 11.4. The highest BCUT2D eigenvalue weighted by atomic mass is 35.5. The van der Waals surface area contributed by atoms with E-state index >= 15 is 0 Å². The number of hydrogen-bond donors (Lipinski definition) is 0. The van der Waals surface area contributed by atoms with Crippen LogP contribution in [0.5, 0.6) is 0 Å². The number of pyridine rings is 2. The fourth-order valence-corrected chi connectivity index (χ4v) is 3.09. The van der Waals surface area contributed by atoms with Gasteiger partial charge in [0, 0.05) is 17.6 Å². The third kappa shape index (κ3) is 3.49. The SMILES string of the molecule is Cc1cc(-c2cc(-c3ccnc(C(C)C)c3)ccc2C)cc(Cl)n1. The van der Waals surface area contributed by atoms with E-state index in [4.69, 9.17) is 11.6 Å². The summed E-state index contributed by atoms with van der Waals surface area (Å²) in [4.78, 5) is 8.72. The minimum atomic E-state index is 0.413. The average Bonchev–Trinajstić information content (AvgIpc) is 2.54. The second-order valence-electron chi connectivity index (χ2n) is 6.47. The minimum absolute atomic E-state index is 0.413. The standard InChI is InChI=1S/C21H21ClN2/c1-13(2)20-11-17(7-8-23-20)16-6-5-14(3)19(10-16)18-9-15(4)24-21(22)12-18/h5-13H,1-4H3. The lowest BCUT2D eigenvalue weighted by Crippen LogP contribution is -1.93. The quantitative estimate of drug-likeness (QED) is 0.532. The van der Waals surface area contributed by atoms with Crippen LogP contribution in [0.25, 0.3) is 22.3 Å². The van der Waals surface area contributed by atoms with Crippen molar-refractivity contribution >= 4 is 11.6 Å². The number of aryl methyl sites for hydroxylation is 2. The van der Waals surface area contributed by atoms with Crippen LogP contribution < -0.4 is 0 Å². The zero-order valence-corrected chi connectivity index (χ0v) is 15.2. The van der Waals surface area contributed by atoms with Crippen LogP contribution in [-0.2, 0) is 0 Å². The lowest BCUT2D eigenvalue weighted by Gasteiger charge is -2.12. The van der Waals surface area contributed by atoms with Gasteiger partial charge in [0.25, 0.3) is 0 Å². The zero-order chi connectivity index (χ0) is 17.3. The summed E-state index contributed by atoms with van der Waals surface area (Å²) >= 11 is 6.15. The summed E-state index contributed by atoms with van der Waals surface area (Å²) in [6.07, 6.45) is 1.89. The van der Waals surface area contributed by atoms with Gasteiger partial charge in [0.1, 0.15) is 5.15 Å². The molecule has 0 aliphatic heterocycles. The monoisotopic (exact) mass is 336 g/mol.